The number of carbonyl (C=O) groups excluding carboxylic acids is 2. The third-order valence-electron chi connectivity index (χ3n) is 3.09. The van der Waals surface area contributed by atoms with Crippen molar-refractivity contribution in [2.24, 2.45) is 7.05 Å². The number of halogens is 1. The largest absolute Gasteiger partial charge is 0.345 e. The molecule has 0 aliphatic heterocycles. The maximum Gasteiger partial charge on any atom is 0.272 e. The van der Waals surface area contributed by atoms with Gasteiger partial charge in [-0.25, -0.2) is 0 Å². The van der Waals surface area contributed by atoms with E-state index in [0.717, 1.165) is 0 Å². The highest BCUT2D eigenvalue weighted by Crippen LogP contribution is 2.17. The quantitative estimate of drug-likeness (QED) is 0.882. The Balaban J connectivity index is 1.98. The van der Waals surface area contributed by atoms with Crippen LogP contribution in [0.1, 0.15) is 10.5 Å². The van der Waals surface area contributed by atoms with Gasteiger partial charge in [0.2, 0.25) is 5.91 Å². The fourth-order valence-corrected chi connectivity index (χ4v) is 2.32. The van der Waals surface area contributed by atoms with E-state index in [1.54, 1.807) is 53.0 Å². The Morgan fingerprint density at radius 3 is 2.17 bits per heavy atom. The number of anilines is 2. The lowest BCUT2D eigenvalue weighted by Gasteiger charge is -2.11. The molecule has 6 nitrogen and oxygen atoms in total. The van der Waals surface area contributed by atoms with Crippen molar-refractivity contribution in [1.29, 1.82) is 0 Å². The van der Waals surface area contributed by atoms with Gasteiger partial charge in [-0.3, -0.25) is 9.59 Å². The Morgan fingerprint density at radius 2 is 1.70 bits per heavy atom. The fraction of sp³-hybridized carbons (Fsp3) is 0.250. The molecule has 2 N–H and O–H groups in total. The van der Waals surface area contributed by atoms with E-state index >= 15 is 0 Å². The zero-order valence-electron chi connectivity index (χ0n) is 13.3. The third kappa shape index (κ3) is 4.84. The van der Waals surface area contributed by atoms with Gasteiger partial charge in [-0.15, -0.1) is 0 Å². The second-order valence-electron chi connectivity index (χ2n) is 5.47. The van der Waals surface area contributed by atoms with Crippen LogP contribution in [-0.2, 0) is 11.8 Å². The number of rotatable bonds is 5. The molecule has 1 heterocycles. The minimum atomic E-state index is -0.246. The van der Waals surface area contributed by atoms with Crippen LogP contribution in [0.3, 0.4) is 0 Å². The summed E-state index contributed by atoms with van der Waals surface area (Å²) in [6.45, 7) is 0.312. The number of aromatic nitrogens is 1. The lowest BCUT2D eigenvalue weighted by atomic mass is 10.2. The zero-order chi connectivity index (χ0) is 17.0. The number of nitrogens with zero attached hydrogens (tertiary/aromatic N) is 2. The van der Waals surface area contributed by atoms with Crippen molar-refractivity contribution in [1.82, 2.24) is 9.47 Å². The maximum atomic E-state index is 12.2. The van der Waals surface area contributed by atoms with E-state index in [2.05, 4.69) is 10.6 Å². The SMILES string of the molecule is CN(C)CC(=O)Nc1ccc(NC(=O)c2cc(Cl)cn2C)cc1. The molecule has 1 aromatic carbocycles. The minimum Gasteiger partial charge on any atom is -0.345 e. The summed E-state index contributed by atoms with van der Waals surface area (Å²) >= 11 is 5.87. The summed E-state index contributed by atoms with van der Waals surface area (Å²) in [5.41, 5.74) is 1.79. The van der Waals surface area contributed by atoms with Crippen LogP contribution in [0.15, 0.2) is 36.5 Å². The zero-order valence-corrected chi connectivity index (χ0v) is 14.0. The van der Waals surface area contributed by atoms with Gasteiger partial charge < -0.3 is 20.1 Å². The minimum absolute atomic E-state index is 0.0924. The molecule has 0 radical (unpaired) electrons. The van der Waals surface area contributed by atoms with Gasteiger partial charge in [0.15, 0.2) is 0 Å². The first-order valence-electron chi connectivity index (χ1n) is 7.03. The number of benzene rings is 1. The van der Waals surface area contributed by atoms with Gasteiger partial charge in [0.05, 0.1) is 11.6 Å². The summed E-state index contributed by atoms with van der Waals surface area (Å²) in [4.78, 5) is 25.6. The van der Waals surface area contributed by atoms with E-state index in [9.17, 15) is 9.59 Å². The molecule has 0 spiro atoms. The van der Waals surface area contributed by atoms with Crippen LogP contribution in [0.2, 0.25) is 5.02 Å². The van der Waals surface area contributed by atoms with E-state index in [4.69, 9.17) is 11.6 Å². The van der Waals surface area contributed by atoms with Crippen LogP contribution in [-0.4, -0.2) is 41.9 Å². The summed E-state index contributed by atoms with van der Waals surface area (Å²) < 4.78 is 1.66. The Morgan fingerprint density at radius 1 is 1.13 bits per heavy atom. The molecule has 1 aromatic heterocycles. The molecule has 0 saturated carbocycles. The van der Waals surface area contributed by atoms with Crippen molar-refractivity contribution in [3.05, 3.63) is 47.2 Å². The number of hydrogen-bond donors (Lipinski definition) is 2. The number of amides is 2. The molecule has 7 heteroatoms. The highest BCUT2D eigenvalue weighted by molar-refractivity contribution is 6.31. The Kier molecular flexibility index (Phi) is 5.41. The summed E-state index contributed by atoms with van der Waals surface area (Å²) in [7, 11) is 5.41. The van der Waals surface area contributed by atoms with Gasteiger partial charge in [0, 0.05) is 24.6 Å². The van der Waals surface area contributed by atoms with E-state index in [1.165, 1.54) is 0 Å². The fourth-order valence-electron chi connectivity index (χ4n) is 2.07. The second-order valence-corrected chi connectivity index (χ2v) is 5.91. The van der Waals surface area contributed by atoms with Crippen LogP contribution >= 0.6 is 11.6 Å². The molecular weight excluding hydrogens is 316 g/mol. The number of hydrogen-bond acceptors (Lipinski definition) is 3. The topological polar surface area (TPSA) is 66.4 Å². The smallest absolute Gasteiger partial charge is 0.272 e. The predicted molar refractivity (Wildman–Crippen MR) is 92.0 cm³/mol. The van der Waals surface area contributed by atoms with Crippen LogP contribution in [0.25, 0.3) is 0 Å². The lowest BCUT2D eigenvalue weighted by molar-refractivity contribution is -0.116. The van der Waals surface area contributed by atoms with E-state index in [0.29, 0.717) is 28.6 Å². The van der Waals surface area contributed by atoms with E-state index in [-0.39, 0.29) is 11.8 Å². The van der Waals surface area contributed by atoms with Gasteiger partial charge in [-0.1, -0.05) is 11.6 Å². The van der Waals surface area contributed by atoms with E-state index in [1.807, 2.05) is 14.1 Å². The van der Waals surface area contributed by atoms with Gasteiger partial charge >= 0.3 is 0 Å². The molecule has 0 fully saturated rings. The first-order valence-corrected chi connectivity index (χ1v) is 7.41. The normalized spacial score (nSPS) is 10.7. The summed E-state index contributed by atoms with van der Waals surface area (Å²) in [5.74, 6) is -0.339. The first kappa shape index (κ1) is 17.1. The van der Waals surface area contributed by atoms with Crippen molar-refractivity contribution in [2.75, 3.05) is 31.3 Å². The summed E-state index contributed by atoms with van der Waals surface area (Å²) in [6.07, 6.45) is 1.67. The van der Waals surface area contributed by atoms with Gasteiger partial charge in [-0.05, 0) is 44.4 Å². The highest BCUT2D eigenvalue weighted by atomic mass is 35.5. The number of aryl methyl sites for hydroxylation is 1. The molecule has 2 aromatic rings. The van der Waals surface area contributed by atoms with Crippen molar-refractivity contribution < 1.29 is 9.59 Å². The van der Waals surface area contributed by atoms with Crippen molar-refractivity contribution in [3.8, 4) is 0 Å². The molecule has 0 atom stereocenters. The van der Waals surface area contributed by atoms with Crippen LogP contribution in [0.4, 0.5) is 11.4 Å². The standard InChI is InChI=1S/C16H19ClN4O2/c1-20(2)10-15(22)18-12-4-6-13(7-5-12)19-16(23)14-8-11(17)9-21(14)3/h4-9H,10H2,1-3H3,(H,18,22)(H,19,23). The molecule has 0 unspecified atom stereocenters. The van der Waals surface area contributed by atoms with Crippen molar-refractivity contribution in [2.45, 2.75) is 0 Å². The van der Waals surface area contributed by atoms with Gasteiger partial charge in [0.1, 0.15) is 5.69 Å². The highest BCUT2D eigenvalue weighted by Gasteiger charge is 2.11. The summed E-state index contributed by atoms with van der Waals surface area (Å²) in [6, 6.07) is 8.54. The molecule has 2 amide bonds. The van der Waals surface area contributed by atoms with Crippen LogP contribution in [0.5, 0.6) is 0 Å². The first-order chi connectivity index (χ1) is 10.8. The Labute approximate surface area is 140 Å². The molecule has 0 aliphatic carbocycles. The van der Waals surface area contributed by atoms with Gasteiger partial charge in [-0.2, -0.15) is 0 Å². The lowest BCUT2D eigenvalue weighted by Crippen LogP contribution is -2.27. The molecule has 2 rings (SSSR count). The molecule has 0 aliphatic rings. The average Bonchev–Trinajstić information content (AvgIpc) is 2.79. The second kappa shape index (κ2) is 7.30. The summed E-state index contributed by atoms with van der Waals surface area (Å²) in [5, 5.41) is 6.08. The van der Waals surface area contributed by atoms with E-state index < -0.39 is 0 Å². The van der Waals surface area contributed by atoms with Crippen LogP contribution < -0.4 is 10.6 Å². The number of nitrogens with one attached hydrogen (secondary N) is 2. The van der Waals surface area contributed by atoms with Gasteiger partial charge in [0.25, 0.3) is 5.91 Å². The number of likely N-dealkylation sites (N-methyl/N-ethyl adjacent to an activating group) is 1. The molecule has 0 bridgehead atoms. The molecule has 0 saturated heterocycles. The predicted octanol–water partition coefficient (Wildman–Crippen LogP) is 2.43. The monoisotopic (exact) mass is 334 g/mol. The molecule has 23 heavy (non-hydrogen) atoms. The molecular formula is C16H19ClN4O2. The van der Waals surface area contributed by atoms with Crippen molar-refractivity contribution >= 4 is 34.8 Å². The van der Waals surface area contributed by atoms with Crippen LogP contribution in [0, 0.1) is 0 Å². The van der Waals surface area contributed by atoms with Crippen molar-refractivity contribution in [3.63, 3.8) is 0 Å². The maximum absolute atomic E-state index is 12.2. The third-order valence-corrected chi connectivity index (χ3v) is 3.30. The molecule has 122 valence electrons. The average molecular weight is 335 g/mol. The number of carbonyl (C=O) groups is 2. The Bertz CT molecular complexity index is 707. The Hall–Kier alpha value is -2.31.